The van der Waals surface area contributed by atoms with Crippen molar-refractivity contribution in [2.45, 2.75) is 20.0 Å². The molecule has 0 saturated heterocycles. The summed E-state index contributed by atoms with van der Waals surface area (Å²) in [6.07, 6.45) is 3.96. The number of hydrogen-bond donors (Lipinski definition) is 1. The molecule has 4 aromatic heterocycles. The first kappa shape index (κ1) is 16.8. The van der Waals surface area contributed by atoms with Crippen LogP contribution in [0.2, 0.25) is 0 Å². The van der Waals surface area contributed by atoms with Gasteiger partial charge in [0.25, 0.3) is 0 Å². The predicted molar refractivity (Wildman–Crippen MR) is 96.8 cm³/mol. The number of nitrogen functional groups attached to an aromatic ring is 1. The second-order valence-corrected chi connectivity index (χ2v) is 6.02. The van der Waals surface area contributed by atoms with Crippen LogP contribution in [0.3, 0.4) is 0 Å². The van der Waals surface area contributed by atoms with Crippen molar-refractivity contribution in [1.82, 2.24) is 20.3 Å². The van der Waals surface area contributed by atoms with Crippen molar-refractivity contribution < 1.29 is 13.8 Å². The Kier molecular flexibility index (Phi) is 4.52. The molecule has 0 atom stereocenters. The number of nitrogens with zero attached hydrogens (tertiary/aromatic N) is 4. The molecule has 2 N–H and O–H groups in total. The van der Waals surface area contributed by atoms with Gasteiger partial charge in [0.05, 0.1) is 11.3 Å². The van der Waals surface area contributed by atoms with E-state index in [1.807, 2.05) is 37.3 Å². The molecular weight excluding hydrogens is 346 g/mol. The van der Waals surface area contributed by atoms with Gasteiger partial charge >= 0.3 is 0 Å². The molecule has 4 heterocycles. The number of ether oxygens (including phenoxy) is 1. The molecule has 0 spiro atoms. The molecule has 0 aromatic carbocycles. The quantitative estimate of drug-likeness (QED) is 0.556. The monoisotopic (exact) mass is 363 g/mol. The Morgan fingerprint density at radius 2 is 1.93 bits per heavy atom. The first-order chi connectivity index (χ1) is 13.2. The predicted octanol–water partition coefficient (Wildman–Crippen LogP) is 3.18. The van der Waals surface area contributed by atoms with Crippen LogP contribution in [0.1, 0.15) is 22.7 Å². The topological polar surface area (TPSA) is 113 Å². The molecule has 0 unspecified atom stereocenters. The maximum atomic E-state index is 5.87. The molecule has 0 radical (unpaired) electrons. The number of aryl methyl sites for hydroxylation is 1. The Labute approximate surface area is 155 Å². The molecule has 0 bridgehead atoms. The average molecular weight is 363 g/mol. The molecule has 4 rings (SSSR count). The summed E-state index contributed by atoms with van der Waals surface area (Å²) in [6.45, 7) is 2.14. The maximum absolute atomic E-state index is 5.87. The van der Waals surface area contributed by atoms with Gasteiger partial charge in [-0.05, 0) is 24.6 Å². The van der Waals surface area contributed by atoms with Crippen LogP contribution in [-0.2, 0) is 13.0 Å². The van der Waals surface area contributed by atoms with E-state index in [4.69, 9.17) is 19.5 Å². The van der Waals surface area contributed by atoms with E-state index in [0.29, 0.717) is 30.5 Å². The van der Waals surface area contributed by atoms with E-state index in [-0.39, 0.29) is 0 Å². The first-order valence-corrected chi connectivity index (χ1v) is 8.34. The summed E-state index contributed by atoms with van der Waals surface area (Å²) in [4.78, 5) is 8.36. The van der Waals surface area contributed by atoms with Gasteiger partial charge in [0.2, 0.25) is 5.88 Å². The van der Waals surface area contributed by atoms with Crippen molar-refractivity contribution in [2.24, 2.45) is 0 Å². The average Bonchev–Trinajstić information content (AvgIpc) is 3.30. The summed E-state index contributed by atoms with van der Waals surface area (Å²) in [7, 11) is 0. The third-order valence-electron chi connectivity index (χ3n) is 3.89. The van der Waals surface area contributed by atoms with Crippen LogP contribution in [-0.4, -0.2) is 20.3 Å². The number of pyridine rings is 2. The Balaban J connectivity index is 1.39. The number of hydrogen-bond acceptors (Lipinski definition) is 8. The van der Waals surface area contributed by atoms with E-state index in [9.17, 15) is 0 Å². The van der Waals surface area contributed by atoms with Crippen molar-refractivity contribution in [3.63, 3.8) is 0 Å². The van der Waals surface area contributed by atoms with E-state index < -0.39 is 0 Å². The van der Waals surface area contributed by atoms with Gasteiger partial charge in [-0.15, -0.1) is 0 Å². The summed E-state index contributed by atoms with van der Waals surface area (Å²) < 4.78 is 16.0. The van der Waals surface area contributed by atoms with Crippen LogP contribution in [0.5, 0.6) is 5.88 Å². The van der Waals surface area contributed by atoms with Gasteiger partial charge in [-0.25, -0.2) is 9.97 Å². The van der Waals surface area contributed by atoms with Crippen molar-refractivity contribution in [1.29, 1.82) is 0 Å². The molecule has 8 heteroatoms. The Bertz CT molecular complexity index is 1040. The molecule has 0 fully saturated rings. The highest BCUT2D eigenvalue weighted by Gasteiger charge is 2.11. The molecule has 4 aromatic rings. The molecule has 0 amide bonds. The third kappa shape index (κ3) is 3.95. The van der Waals surface area contributed by atoms with Crippen LogP contribution in [0, 0.1) is 6.92 Å². The van der Waals surface area contributed by atoms with Gasteiger partial charge in [-0.1, -0.05) is 16.4 Å². The fourth-order valence-corrected chi connectivity index (χ4v) is 2.59. The fraction of sp³-hybridized carbons (Fsp3) is 0.158. The number of aromatic nitrogens is 4. The SMILES string of the molecule is Cc1cc(COc2ccc(Cc3cc(-c4cccnc4N)on3)cn2)no1. The standard InChI is InChI=1S/C19H17N5O3/c1-12-7-15(24-26-12)11-25-18-5-4-13(10-22-18)8-14-9-17(27-23-14)16-3-2-6-21-19(16)20/h2-7,9-10H,8,11H2,1H3,(H2,20,21). The van der Waals surface area contributed by atoms with Crippen molar-refractivity contribution in [2.75, 3.05) is 5.73 Å². The van der Waals surface area contributed by atoms with Crippen molar-refractivity contribution in [3.05, 3.63) is 71.5 Å². The molecule has 0 aliphatic rings. The van der Waals surface area contributed by atoms with E-state index in [1.165, 1.54) is 0 Å². The van der Waals surface area contributed by atoms with Gasteiger partial charge in [0.1, 0.15) is 23.9 Å². The second-order valence-electron chi connectivity index (χ2n) is 6.02. The normalized spacial score (nSPS) is 10.9. The second kappa shape index (κ2) is 7.28. The first-order valence-electron chi connectivity index (χ1n) is 8.34. The molecule has 0 aliphatic carbocycles. The number of nitrogens with two attached hydrogens (primary N) is 1. The minimum absolute atomic E-state index is 0.308. The number of anilines is 1. The van der Waals surface area contributed by atoms with Crippen molar-refractivity contribution >= 4 is 5.82 Å². The van der Waals surface area contributed by atoms with Crippen LogP contribution >= 0.6 is 0 Å². The molecule has 136 valence electrons. The summed E-state index contributed by atoms with van der Waals surface area (Å²) in [5, 5.41) is 7.97. The van der Waals surface area contributed by atoms with Gasteiger partial charge < -0.3 is 19.5 Å². The lowest BCUT2D eigenvalue weighted by Crippen LogP contribution is -1.98. The fourth-order valence-electron chi connectivity index (χ4n) is 2.59. The van der Waals surface area contributed by atoms with Gasteiger partial charge in [0.15, 0.2) is 5.76 Å². The Hall–Kier alpha value is -3.68. The van der Waals surface area contributed by atoms with Crippen LogP contribution in [0.4, 0.5) is 5.82 Å². The zero-order chi connectivity index (χ0) is 18.6. The van der Waals surface area contributed by atoms with Crippen molar-refractivity contribution in [3.8, 4) is 17.2 Å². The Morgan fingerprint density at radius 3 is 2.67 bits per heavy atom. The van der Waals surface area contributed by atoms with Gasteiger partial charge in [-0.3, -0.25) is 0 Å². The smallest absolute Gasteiger partial charge is 0.213 e. The van der Waals surface area contributed by atoms with E-state index in [2.05, 4.69) is 20.3 Å². The molecule has 0 aliphatic heterocycles. The van der Waals surface area contributed by atoms with Gasteiger partial charge in [-0.2, -0.15) is 0 Å². The van der Waals surface area contributed by atoms with E-state index in [1.54, 1.807) is 18.5 Å². The van der Waals surface area contributed by atoms with Crippen LogP contribution in [0.15, 0.2) is 57.8 Å². The lowest BCUT2D eigenvalue weighted by molar-refractivity contribution is 0.277. The minimum Gasteiger partial charge on any atom is -0.471 e. The molecule has 0 saturated carbocycles. The summed E-state index contributed by atoms with van der Waals surface area (Å²) in [6, 6.07) is 11.1. The largest absolute Gasteiger partial charge is 0.471 e. The highest BCUT2D eigenvalue weighted by Crippen LogP contribution is 2.25. The van der Waals surface area contributed by atoms with Crippen LogP contribution < -0.4 is 10.5 Å². The lowest BCUT2D eigenvalue weighted by atomic mass is 10.1. The molecule has 27 heavy (non-hydrogen) atoms. The zero-order valence-electron chi connectivity index (χ0n) is 14.6. The summed E-state index contributed by atoms with van der Waals surface area (Å²) in [5.41, 5.74) is 9.08. The maximum Gasteiger partial charge on any atom is 0.213 e. The number of rotatable bonds is 6. The third-order valence-corrected chi connectivity index (χ3v) is 3.89. The molecule has 8 nitrogen and oxygen atoms in total. The highest BCUT2D eigenvalue weighted by molar-refractivity contribution is 5.69. The zero-order valence-corrected chi connectivity index (χ0v) is 14.6. The summed E-state index contributed by atoms with van der Waals surface area (Å²) in [5.74, 6) is 2.26. The van der Waals surface area contributed by atoms with E-state index >= 15 is 0 Å². The molecular formula is C19H17N5O3. The minimum atomic E-state index is 0.308. The summed E-state index contributed by atoms with van der Waals surface area (Å²) >= 11 is 0. The van der Waals surface area contributed by atoms with E-state index in [0.717, 1.165) is 28.3 Å². The lowest BCUT2D eigenvalue weighted by Gasteiger charge is -2.03. The highest BCUT2D eigenvalue weighted by atomic mass is 16.5. The Morgan fingerprint density at radius 1 is 1.04 bits per heavy atom. The van der Waals surface area contributed by atoms with Crippen LogP contribution in [0.25, 0.3) is 11.3 Å². The van der Waals surface area contributed by atoms with Gasteiger partial charge in [0, 0.05) is 37.0 Å².